The number of amides is 1. The van der Waals surface area contributed by atoms with Crippen LogP contribution in [-0.2, 0) is 17.8 Å². The van der Waals surface area contributed by atoms with Gasteiger partial charge in [0.05, 0.1) is 24.5 Å². The minimum absolute atomic E-state index is 0.0296. The van der Waals surface area contributed by atoms with Crippen molar-refractivity contribution in [1.29, 1.82) is 0 Å². The van der Waals surface area contributed by atoms with Crippen molar-refractivity contribution < 1.29 is 19.1 Å². The van der Waals surface area contributed by atoms with Gasteiger partial charge in [-0.1, -0.05) is 18.2 Å². The number of hydrogen-bond acceptors (Lipinski definition) is 5. The van der Waals surface area contributed by atoms with Crippen molar-refractivity contribution in [1.82, 2.24) is 5.32 Å². The number of ether oxygens (including phenoxy) is 1. The highest BCUT2D eigenvalue weighted by Crippen LogP contribution is 2.29. The average Bonchev–Trinajstić information content (AvgIpc) is 2.62. The van der Waals surface area contributed by atoms with Crippen molar-refractivity contribution in [2.45, 2.75) is 26.8 Å². The van der Waals surface area contributed by atoms with E-state index in [9.17, 15) is 14.7 Å². The third kappa shape index (κ3) is 3.79. The Morgan fingerprint density at radius 3 is 2.70 bits per heavy atom. The van der Waals surface area contributed by atoms with Gasteiger partial charge in [-0.3, -0.25) is 4.79 Å². The maximum Gasteiger partial charge on any atom is 0.340 e. The molecule has 1 aromatic heterocycles. The van der Waals surface area contributed by atoms with Gasteiger partial charge in [-0.25, -0.2) is 4.79 Å². The monoisotopic (exact) mass is 367 g/mol. The molecule has 0 aliphatic rings. The summed E-state index contributed by atoms with van der Waals surface area (Å²) in [6.45, 7) is 3.79. The van der Waals surface area contributed by atoms with Crippen LogP contribution in [0.4, 0.5) is 0 Å². The molecule has 1 amide bonds. The fraction of sp³-hybridized carbons (Fsp3) is 0.238. The number of fused-ring (bicyclic) bond motifs is 1. The van der Waals surface area contributed by atoms with Crippen LogP contribution in [0, 0.1) is 13.8 Å². The number of rotatable bonds is 5. The molecular weight excluding hydrogens is 346 g/mol. The normalized spacial score (nSPS) is 10.8. The van der Waals surface area contributed by atoms with Crippen molar-refractivity contribution in [3.8, 4) is 11.5 Å². The van der Waals surface area contributed by atoms with E-state index in [2.05, 4.69) is 5.32 Å². The van der Waals surface area contributed by atoms with Gasteiger partial charge in [0.2, 0.25) is 5.91 Å². The molecule has 0 fully saturated rings. The molecule has 0 unspecified atom stereocenters. The molecule has 2 N–H and O–H groups in total. The first kappa shape index (κ1) is 18.5. The van der Waals surface area contributed by atoms with E-state index in [1.54, 1.807) is 33.1 Å². The van der Waals surface area contributed by atoms with E-state index in [0.717, 1.165) is 11.1 Å². The predicted molar refractivity (Wildman–Crippen MR) is 102 cm³/mol. The summed E-state index contributed by atoms with van der Waals surface area (Å²) < 4.78 is 10.6. The maximum atomic E-state index is 12.4. The summed E-state index contributed by atoms with van der Waals surface area (Å²) in [5.41, 5.74) is 2.14. The highest BCUT2D eigenvalue weighted by Gasteiger charge is 2.17. The van der Waals surface area contributed by atoms with Crippen molar-refractivity contribution >= 4 is 16.9 Å². The Balaban J connectivity index is 1.84. The van der Waals surface area contributed by atoms with Crippen LogP contribution in [-0.4, -0.2) is 18.1 Å². The molecule has 6 nitrogen and oxygen atoms in total. The standard InChI is InChI=1S/C21H21NO5/c1-12-8-16(23)20-13(2)15(21(25)27-18(20)9-12)10-19(24)22-11-14-6-4-5-7-17(14)26-3/h4-9,23H,10-11H2,1-3H3,(H,22,24). The molecule has 0 aliphatic carbocycles. The fourth-order valence-electron chi connectivity index (χ4n) is 3.13. The van der Waals surface area contributed by atoms with E-state index >= 15 is 0 Å². The number of aryl methyl sites for hydroxylation is 2. The zero-order valence-electron chi connectivity index (χ0n) is 15.5. The SMILES string of the molecule is COc1ccccc1CNC(=O)Cc1c(C)c2c(O)cc(C)cc2oc1=O. The van der Waals surface area contributed by atoms with Crippen LogP contribution in [0.2, 0.25) is 0 Å². The maximum absolute atomic E-state index is 12.4. The van der Waals surface area contributed by atoms with Gasteiger partial charge < -0.3 is 19.6 Å². The third-order valence-electron chi connectivity index (χ3n) is 4.51. The van der Waals surface area contributed by atoms with Gasteiger partial charge >= 0.3 is 5.63 Å². The lowest BCUT2D eigenvalue weighted by molar-refractivity contribution is -0.120. The Morgan fingerprint density at radius 2 is 1.96 bits per heavy atom. The van der Waals surface area contributed by atoms with Gasteiger partial charge in [0.15, 0.2) is 0 Å². The first-order valence-corrected chi connectivity index (χ1v) is 8.55. The number of para-hydroxylation sites is 1. The molecule has 140 valence electrons. The lowest BCUT2D eigenvalue weighted by atomic mass is 10.0. The molecule has 0 saturated heterocycles. The second-order valence-electron chi connectivity index (χ2n) is 6.42. The molecular formula is C21H21NO5. The highest BCUT2D eigenvalue weighted by molar-refractivity contribution is 5.89. The summed E-state index contributed by atoms with van der Waals surface area (Å²) in [7, 11) is 1.57. The minimum Gasteiger partial charge on any atom is -0.507 e. The van der Waals surface area contributed by atoms with Gasteiger partial charge in [-0.2, -0.15) is 0 Å². The zero-order chi connectivity index (χ0) is 19.6. The van der Waals surface area contributed by atoms with E-state index in [4.69, 9.17) is 9.15 Å². The molecule has 0 spiro atoms. The average molecular weight is 367 g/mol. The third-order valence-corrected chi connectivity index (χ3v) is 4.51. The van der Waals surface area contributed by atoms with Crippen LogP contribution in [0.15, 0.2) is 45.6 Å². The van der Waals surface area contributed by atoms with E-state index in [0.29, 0.717) is 22.3 Å². The molecule has 1 heterocycles. The molecule has 3 aromatic rings. The van der Waals surface area contributed by atoms with Crippen molar-refractivity contribution in [2.24, 2.45) is 0 Å². The summed E-state index contributed by atoms with van der Waals surface area (Å²) in [6, 6.07) is 10.7. The molecule has 0 aliphatic heterocycles. The smallest absolute Gasteiger partial charge is 0.340 e. The highest BCUT2D eigenvalue weighted by atomic mass is 16.5. The van der Waals surface area contributed by atoms with Gasteiger partial charge in [0.1, 0.15) is 17.1 Å². The quantitative estimate of drug-likeness (QED) is 0.677. The number of aromatic hydroxyl groups is 1. The van der Waals surface area contributed by atoms with Gasteiger partial charge in [-0.15, -0.1) is 0 Å². The van der Waals surface area contributed by atoms with E-state index in [1.807, 2.05) is 24.3 Å². The minimum atomic E-state index is -0.572. The first-order valence-electron chi connectivity index (χ1n) is 8.55. The van der Waals surface area contributed by atoms with Crippen LogP contribution < -0.4 is 15.7 Å². The summed E-state index contributed by atoms with van der Waals surface area (Å²) in [5, 5.41) is 13.5. The van der Waals surface area contributed by atoms with Crippen LogP contribution in [0.5, 0.6) is 11.5 Å². The van der Waals surface area contributed by atoms with Crippen LogP contribution in [0.1, 0.15) is 22.3 Å². The number of hydrogen-bond donors (Lipinski definition) is 2. The molecule has 0 atom stereocenters. The number of benzene rings is 2. The molecule has 0 radical (unpaired) electrons. The Kier molecular flexibility index (Phi) is 5.16. The lowest BCUT2D eigenvalue weighted by Crippen LogP contribution is -2.27. The van der Waals surface area contributed by atoms with Gasteiger partial charge in [0.25, 0.3) is 0 Å². The van der Waals surface area contributed by atoms with Crippen LogP contribution >= 0.6 is 0 Å². The molecule has 0 bridgehead atoms. The molecule has 3 rings (SSSR count). The second-order valence-corrected chi connectivity index (χ2v) is 6.42. The topological polar surface area (TPSA) is 88.8 Å². The van der Waals surface area contributed by atoms with E-state index in [-0.39, 0.29) is 30.2 Å². The lowest BCUT2D eigenvalue weighted by Gasteiger charge is -2.11. The Bertz CT molecular complexity index is 1070. The van der Waals surface area contributed by atoms with Crippen molar-refractivity contribution in [3.63, 3.8) is 0 Å². The Morgan fingerprint density at radius 1 is 1.22 bits per heavy atom. The fourth-order valence-corrected chi connectivity index (χ4v) is 3.13. The Labute approximate surface area is 156 Å². The summed E-state index contributed by atoms with van der Waals surface area (Å²) in [4.78, 5) is 24.7. The molecule has 6 heteroatoms. The van der Waals surface area contributed by atoms with Crippen LogP contribution in [0.25, 0.3) is 11.0 Å². The van der Waals surface area contributed by atoms with Crippen molar-refractivity contribution in [2.75, 3.05) is 7.11 Å². The number of methoxy groups -OCH3 is 1. The van der Waals surface area contributed by atoms with Gasteiger partial charge in [0, 0.05) is 12.1 Å². The largest absolute Gasteiger partial charge is 0.507 e. The molecule has 2 aromatic carbocycles. The van der Waals surface area contributed by atoms with E-state index < -0.39 is 5.63 Å². The van der Waals surface area contributed by atoms with Gasteiger partial charge in [-0.05, 0) is 43.2 Å². The van der Waals surface area contributed by atoms with Crippen LogP contribution in [0.3, 0.4) is 0 Å². The summed E-state index contributed by atoms with van der Waals surface area (Å²) in [6.07, 6.45) is -0.132. The number of phenolic OH excluding ortho intramolecular Hbond substituents is 1. The first-order chi connectivity index (χ1) is 12.9. The molecule has 0 saturated carbocycles. The second kappa shape index (κ2) is 7.53. The number of carbonyl (C=O) groups is 1. The van der Waals surface area contributed by atoms with E-state index in [1.165, 1.54) is 0 Å². The zero-order valence-corrected chi connectivity index (χ0v) is 15.5. The summed E-state index contributed by atoms with van der Waals surface area (Å²) in [5.74, 6) is 0.392. The summed E-state index contributed by atoms with van der Waals surface area (Å²) >= 11 is 0. The number of carbonyl (C=O) groups excluding carboxylic acids is 1. The van der Waals surface area contributed by atoms with Crippen molar-refractivity contribution in [3.05, 3.63) is 69.1 Å². The number of nitrogens with one attached hydrogen (secondary N) is 1. The predicted octanol–water partition coefficient (Wildman–Crippen LogP) is 2.98. The molecule has 27 heavy (non-hydrogen) atoms. The Hall–Kier alpha value is -3.28. The number of phenols is 1.